The number of hydrogen-bond acceptors (Lipinski definition) is 3. The lowest BCUT2D eigenvalue weighted by Crippen LogP contribution is -2.41. The van der Waals surface area contributed by atoms with Crippen LogP contribution < -0.4 is 15.6 Å². The maximum Gasteiger partial charge on any atom is 0.269 e. The molecule has 0 spiro atoms. The second-order valence-electron chi connectivity index (χ2n) is 4.86. The van der Waals surface area contributed by atoms with Crippen LogP contribution in [0.2, 0.25) is 0 Å². The van der Waals surface area contributed by atoms with Gasteiger partial charge < -0.3 is 4.74 Å². The van der Waals surface area contributed by atoms with Crippen LogP contribution in [0.5, 0.6) is 5.75 Å². The van der Waals surface area contributed by atoms with Crippen LogP contribution in [0.25, 0.3) is 0 Å². The van der Waals surface area contributed by atoms with E-state index in [0.717, 1.165) is 15.8 Å². The lowest BCUT2D eigenvalue weighted by Gasteiger charge is -2.08. The summed E-state index contributed by atoms with van der Waals surface area (Å²) < 4.78 is 6.02. The summed E-state index contributed by atoms with van der Waals surface area (Å²) in [5.74, 6) is 0.150. The molecule has 0 aliphatic heterocycles. The van der Waals surface area contributed by atoms with Gasteiger partial charge in [-0.1, -0.05) is 28.1 Å². The molecule has 6 heteroatoms. The van der Waals surface area contributed by atoms with Crippen LogP contribution in [0, 0.1) is 0 Å². The molecule has 2 amide bonds. The van der Waals surface area contributed by atoms with Crippen molar-refractivity contribution in [1.82, 2.24) is 10.9 Å². The minimum Gasteiger partial charge on any atom is -0.497 e. The van der Waals surface area contributed by atoms with Gasteiger partial charge in [-0.2, -0.15) is 0 Å². The molecule has 0 radical (unpaired) electrons. The van der Waals surface area contributed by atoms with Crippen molar-refractivity contribution in [3.05, 3.63) is 64.1 Å². The molecule has 2 aromatic carbocycles. The number of benzene rings is 2. The zero-order valence-corrected chi connectivity index (χ0v) is 14.2. The molecular weight excluding hydrogens is 360 g/mol. The number of hydrogen-bond donors (Lipinski definition) is 2. The highest BCUT2D eigenvalue weighted by molar-refractivity contribution is 9.10. The van der Waals surface area contributed by atoms with Crippen LogP contribution in [-0.2, 0) is 11.2 Å². The van der Waals surface area contributed by atoms with Crippen molar-refractivity contribution in [3.63, 3.8) is 0 Å². The lowest BCUT2D eigenvalue weighted by atomic mass is 10.1. The summed E-state index contributed by atoms with van der Waals surface area (Å²) in [6.45, 7) is 0. The highest BCUT2D eigenvalue weighted by Gasteiger charge is 2.07. The van der Waals surface area contributed by atoms with Crippen LogP contribution in [-0.4, -0.2) is 18.9 Å². The monoisotopic (exact) mass is 376 g/mol. The van der Waals surface area contributed by atoms with Crippen molar-refractivity contribution in [3.8, 4) is 5.75 Å². The number of carbonyl (C=O) groups excluding carboxylic acids is 2. The Morgan fingerprint density at radius 3 is 2.52 bits per heavy atom. The van der Waals surface area contributed by atoms with Crippen molar-refractivity contribution < 1.29 is 14.3 Å². The number of ether oxygens (including phenoxy) is 1. The maximum atomic E-state index is 11.9. The van der Waals surface area contributed by atoms with E-state index in [1.165, 1.54) is 0 Å². The van der Waals surface area contributed by atoms with E-state index in [1.54, 1.807) is 31.4 Å². The summed E-state index contributed by atoms with van der Waals surface area (Å²) in [5, 5.41) is 0. The number of aryl methyl sites for hydroxylation is 1. The van der Waals surface area contributed by atoms with Gasteiger partial charge in [0.25, 0.3) is 5.91 Å². The third-order valence-electron chi connectivity index (χ3n) is 3.20. The Bertz CT molecular complexity index is 686. The molecule has 0 unspecified atom stereocenters. The fourth-order valence-corrected chi connectivity index (χ4v) is 2.21. The molecule has 0 fully saturated rings. The first kappa shape index (κ1) is 17.0. The Kier molecular flexibility index (Phi) is 6.17. The Hall–Kier alpha value is -2.34. The molecule has 120 valence electrons. The normalized spacial score (nSPS) is 10.0. The molecule has 2 N–H and O–H groups in total. The fourth-order valence-electron chi connectivity index (χ4n) is 1.95. The van der Waals surface area contributed by atoms with Crippen LogP contribution >= 0.6 is 15.9 Å². The molecule has 0 heterocycles. The van der Waals surface area contributed by atoms with E-state index < -0.39 is 0 Å². The standard InChI is InChI=1S/C17H17BrN2O3/c1-23-15-4-2-3-12(11-15)5-10-16(21)19-20-17(22)13-6-8-14(18)9-7-13/h2-4,6-9,11H,5,10H2,1H3,(H,19,21)(H,20,22). The highest BCUT2D eigenvalue weighted by atomic mass is 79.9. The third-order valence-corrected chi connectivity index (χ3v) is 3.73. The Labute approximate surface area is 143 Å². The number of hydrazine groups is 1. The number of nitrogens with one attached hydrogen (secondary N) is 2. The van der Waals surface area contributed by atoms with Gasteiger partial charge in [-0.05, 0) is 48.4 Å². The smallest absolute Gasteiger partial charge is 0.269 e. The van der Waals surface area contributed by atoms with Crippen LogP contribution in [0.15, 0.2) is 53.0 Å². The molecule has 0 saturated heterocycles. The van der Waals surface area contributed by atoms with E-state index in [4.69, 9.17) is 4.74 Å². The first-order valence-electron chi connectivity index (χ1n) is 7.06. The summed E-state index contributed by atoms with van der Waals surface area (Å²) in [5.41, 5.74) is 6.28. The molecule has 5 nitrogen and oxygen atoms in total. The molecule has 0 bridgehead atoms. The average Bonchev–Trinajstić information content (AvgIpc) is 2.58. The SMILES string of the molecule is COc1cccc(CCC(=O)NNC(=O)c2ccc(Br)cc2)c1. The largest absolute Gasteiger partial charge is 0.497 e. The van der Waals surface area contributed by atoms with E-state index in [2.05, 4.69) is 26.8 Å². The summed E-state index contributed by atoms with van der Waals surface area (Å²) >= 11 is 3.30. The van der Waals surface area contributed by atoms with Crippen molar-refractivity contribution in [2.24, 2.45) is 0 Å². The zero-order chi connectivity index (χ0) is 16.7. The van der Waals surface area contributed by atoms with Gasteiger partial charge in [-0.25, -0.2) is 0 Å². The number of amides is 2. The number of rotatable bonds is 5. The summed E-state index contributed by atoms with van der Waals surface area (Å²) in [4.78, 5) is 23.7. The molecule has 2 rings (SSSR count). The van der Waals surface area contributed by atoms with E-state index in [-0.39, 0.29) is 18.2 Å². The average molecular weight is 377 g/mol. The first-order chi connectivity index (χ1) is 11.1. The zero-order valence-electron chi connectivity index (χ0n) is 12.6. The van der Waals surface area contributed by atoms with Gasteiger partial charge in [0.1, 0.15) is 5.75 Å². The molecule has 0 atom stereocenters. The molecule has 0 aliphatic rings. The first-order valence-corrected chi connectivity index (χ1v) is 7.85. The van der Waals surface area contributed by atoms with Crippen LogP contribution in [0.1, 0.15) is 22.3 Å². The number of halogens is 1. The molecule has 2 aromatic rings. The van der Waals surface area contributed by atoms with Crippen molar-refractivity contribution >= 4 is 27.7 Å². The van der Waals surface area contributed by atoms with Gasteiger partial charge in [-0.15, -0.1) is 0 Å². The maximum absolute atomic E-state index is 11.9. The third kappa shape index (κ3) is 5.41. The summed E-state index contributed by atoms with van der Waals surface area (Å²) in [7, 11) is 1.60. The van der Waals surface area contributed by atoms with E-state index in [1.807, 2.05) is 24.3 Å². The highest BCUT2D eigenvalue weighted by Crippen LogP contribution is 2.13. The van der Waals surface area contributed by atoms with Gasteiger partial charge in [0, 0.05) is 16.5 Å². The second-order valence-corrected chi connectivity index (χ2v) is 5.78. The Balaban J connectivity index is 1.78. The summed E-state index contributed by atoms with van der Waals surface area (Å²) in [6.07, 6.45) is 0.838. The quantitative estimate of drug-likeness (QED) is 0.788. The minimum absolute atomic E-state index is 0.252. The predicted octanol–water partition coefficient (Wildman–Crippen LogP) is 2.85. The molecule has 0 saturated carbocycles. The predicted molar refractivity (Wildman–Crippen MR) is 91.1 cm³/mol. The van der Waals surface area contributed by atoms with Crippen molar-refractivity contribution in [1.29, 1.82) is 0 Å². The summed E-state index contributed by atoms with van der Waals surface area (Å²) in [6, 6.07) is 14.4. The van der Waals surface area contributed by atoms with Crippen LogP contribution in [0.4, 0.5) is 0 Å². The van der Waals surface area contributed by atoms with Gasteiger partial charge in [0.15, 0.2) is 0 Å². The van der Waals surface area contributed by atoms with E-state index in [0.29, 0.717) is 12.0 Å². The van der Waals surface area contributed by atoms with Gasteiger partial charge >= 0.3 is 0 Å². The van der Waals surface area contributed by atoms with Crippen molar-refractivity contribution in [2.75, 3.05) is 7.11 Å². The van der Waals surface area contributed by atoms with Gasteiger partial charge in [0.2, 0.25) is 5.91 Å². The van der Waals surface area contributed by atoms with Gasteiger partial charge in [-0.3, -0.25) is 20.4 Å². The number of carbonyl (C=O) groups is 2. The Morgan fingerprint density at radius 1 is 1.09 bits per heavy atom. The topological polar surface area (TPSA) is 67.4 Å². The van der Waals surface area contributed by atoms with Crippen molar-refractivity contribution in [2.45, 2.75) is 12.8 Å². The molecular formula is C17H17BrN2O3. The molecule has 23 heavy (non-hydrogen) atoms. The van der Waals surface area contributed by atoms with E-state index in [9.17, 15) is 9.59 Å². The molecule has 0 aliphatic carbocycles. The molecule has 0 aromatic heterocycles. The Morgan fingerprint density at radius 2 is 1.83 bits per heavy atom. The number of methoxy groups -OCH3 is 1. The second kappa shape index (κ2) is 8.33. The van der Waals surface area contributed by atoms with Gasteiger partial charge in [0.05, 0.1) is 7.11 Å². The van der Waals surface area contributed by atoms with Crippen LogP contribution in [0.3, 0.4) is 0 Å². The lowest BCUT2D eigenvalue weighted by molar-refractivity contribution is -0.121. The minimum atomic E-state index is -0.354. The van der Waals surface area contributed by atoms with E-state index >= 15 is 0 Å². The fraction of sp³-hybridized carbons (Fsp3) is 0.176.